The van der Waals surface area contributed by atoms with Crippen molar-refractivity contribution in [3.63, 3.8) is 0 Å². The highest BCUT2D eigenvalue weighted by Crippen LogP contribution is 2.39. The third-order valence-electron chi connectivity index (χ3n) is 2.90. The first-order chi connectivity index (χ1) is 9.15. The summed E-state index contributed by atoms with van der Waals surface area (Å²) in [4.78, 5) is 6.09. The van der Waals surface area contributed by atoms with E-state index in [1.807, 2.05) is 13.0 Å². The van der Waals surface area contributed by atoms with Crippen LogP contribution in [0.5, 0.6) is 0 Å². The number of alkyl halides is 1. The highest BCUT2D eigenvalue weighted by atomic mass is 79.9. The van der Waals surface area contributed by atoms with Crippen LogP contribution in [0.15, 0.2) is 29.6 Å². The van der Waals surface area contributed by atoms with E-state index < -0.39 is 0 Å². The van der Waals surface area contributed by atoms with Crippen molar-refractivity contribution >= 4 is 60.4 Å². The number of thiazole rings is 1. The molecule has 0 saturated carbocycles. The van der Waals surface area contributed by atoms with Gasteiger partial charge >= 0.3 is 0 Å². The van der Waals surface area contributed by atoms with Crippen LogP contribution in [0.25, 0.3) is 10.2 Å². The zero-order valence-corrected chi connectivity index (χ0v) is 14.2. The van der Waals surface area contributed by atoms with Crippen molar-refractivity contribution in [1.29, 1.82) is 0 Å². The van der Waals surface area contributed by atoms with Crippen molar-refractivity contribution in [2.24, 2.45) is 0 Å². The molecule has 3 rings (SSSR count). The van der Waals surface area contributed by atoms with Gasteiger partial charge in [-0.15, -0.1) is 22.7 Å². The van der Waals surface area contributed by atoms with Crippen molar-refractivity contribution in [2.75, 3.05) is 0 Å². The van der Waals surface area contributed by atoms with E-state index >= 15 is 0 Å². The van der Waals surface area contributed by atoms with E-state index in [0.717, 1.165) is 27.5 Å². The zero-order valence-electron chi connectivity index (χ0n) is 10.2. The number of hydrogen-bond acceptors (Lipinski definition) is 3. The predicted octanol–water partition coefficient (Wildman–Crippen LogP) is 6.00. The van der Waals surface area contributed by atoms with Gasteiger partial charge in [-0.3, -0.25) is 0 Å². The largest absolute Gasteiger partial charge is 0.241 e. The molecule has 2 heterocycles. The Morgan fingerprint density at radius 3 is 2.84 bits per heavy atom. The molecule has 5 heteroatoms. The van der Waals surface area contributed by atoms with Gasteiger partial charge in [0.15, 0.2) is 0 Å². The number of fused-ring (bicyclic) bond motifs is 1. The minimum absolute atomic E-state index is 0.235. The minimum Gasteiger partial charge on any atom is -0.241 e. The highest BCUT2D eigenvalue weighted by Gasteiger charge is 2.17. The molecule has 1 aromatic carbocycles. The molecular formula is C14H11BrClNS2. The molecule has 98 valence electrons. The SMILES string of the molecule is Cc1csc(C(Br)Cc2nc3ccccc3s2)c1Cl. The normalized spacial score (nSPS) is 13.0. The number of nitrogens with zero attached hydrogens (tertiary/aromatic N) is 1. The lowest BCUT2D eigenvalue weighted by molar-refractivity contribution is 0.956. The van der Waals surface area contributed by atoms with E-state index in [-0.39, 0.29) is 4.83 Å². The van der Waals surface area contributed by atoms with Gasteiger partial charge in [-0.25, -0.2) is 4.98 Å². The van der Waals surface area contributed by atoms with Crippen molar-refractivity contribution in [1.82, 2.24) is 4.98 Å². The topological polar surface area (TPSA) is 12.9 Å². The molecule has 0 aliphatic rings. The second-order valence-electron chi connectivity index (χ2n) is 4.34. The van der Waals surface area contributed by atoms with E-state index in [0.29, 0.717) is 0 Å². The molecule has 2 aromatic heterocycles. The first-order valence-corrected chi connectivity index (χ1v) is 8.86. The maximum Gasteiger partial charge on any atom is 0.0953 e. The fraction of sp³-hybridized carbons (Fsp3) is 0.214. The van der Waals surface area contributed by atoms with Gasteiger partial charge in [-0.1, -0.05) is 39.7 Å². The first-order valence-electron chi connectivity index (χ1n) is 5.87. The van der Waals surface area contributed by atoms with Crippen molar-refractivity contribution < 1.29 is 0 Å². The highest BCUT2D eigenvalue weighted by molar-refractivity contribution is 9.09. The molecule has 19 heavy (non-hydrogen) atoms. The summed E-state index contributed by atoms with van der Waals surface area (Å²) < 4.78 is 1.24. The summed E-state index contributed by atoms with van der Waals surface area (Å²) in [5.41, 5.74) is 2.23. The third kappa shape index (κ3) is 2.72. The fourth-order valence-electron chi connectivity index (χ4n) is 1.91. The smallest absolute Gasteiger partial charge is 0.0953 e. The molecular weight excluding hydrogens is 362 g/mol. The summed E-state index contributed by atoms with van der Waals surface area (Å²) in [6, 6.07) is 8.25. The minimum atomic E-state index is 0.235. The van der Waals surface area contributed by atoms with Crippen LogP contribution >= 0.6 is 50.2 Å². The summed E-state index contributed by atoms with van der Waals surface area (Å²) in [6.07, 6.45) is 0.874. The number of hydrogen-bond donors (Lipinski definition) is 0. The first kappa shape index (κ1) is 13.6. The lowest BCUT2D eigenvalue weighted by Crippen LogP contribution is -1.93. The number of rotatable bonds is 3. The van der Waals surface area contributed by atoms with Crippen LogP contribution in [-0.4, -0.2) is 4.98 Å². The van der Waals surface area contributed by atoms with Crippen LogP contribution in [0.2, 0.25) is 5.02 Å². The summed E-state index contributed by atoms with van der Waals surface area (Å²) in [7, 11) is 0. The Morgan fingerprint density at radius 2 is 2.16 bits per heavy atom. The standard InChI is InChI=1S/C14H11BrClNS2/c1-8-7-18-14(13(8)16)9(15)6-12-17-10-4-2-3-5-11(10)19-12/h2-5,7,9H,6H2,1H3. The molecule has 1 unspecified atom stereocenters. The van der Waals surface area contributed by atoms with E-state index in [2.05, 4.69) is 44.5 Å². The molecule has 0 N–H and O–H groups in total. The second kappa shape index (κ2) is 5.52. The summed E-state index contributed by atoms with van der Waals surface area (Å²) in [5, 5.41) is 4.13. The Balaban J connectivity index is 1.86. The average Bonchev–Trinajstić information content (AvgIpc) is 2.93. The zero-order chi connectivity index (χ0) is 13.4. The maximum atomic E-state index is 6.31. The van der Waals surface area contributed by atoms with Gasteiger partial charge < -0.3 is 0 Å². The number of aromatic nitrogens is 1. The van der Waals surface area contributed by atoms with Gasteiger partial charge in [-0.2, -0.15) is 0 Å². The Bertz CT molecular complexity index is 686. The molecule has 1 nitrogen and oxygen atoms in total. The van der Waals surface area contributed by atoms with Crippen LogP contribution in [0.3, 0.4) is 0 Å². The van der Waals surface area contributed by atoms with Gasteiger partial charge in [0.05, 0.1) is 25.1 Å². The van der Waals surface area contributed by atoms with Gasteiger partial charge in [0, 0.05) is 11.3 Å². The van der Waals surface area contributed by atoms with Crippen molar-refractivity contribution in [3.8, 4) is 0 Å². The third-order valence-corrected chi connectivity index (χ3v) is 6.87. The van der Waals surface area contributed by atoms with Crippen LogP contribution in [0, 0.1) is 6.92 Å². The molecule has 0 amide bonds. The number of halogens is 2. The van der Waals surface area contributed by atoms with Crippen LogP contribution in [0.1, 0.15) is 20.3 Å². The molecule has 0 radical (unpaired) electrons. The molecule has 0 aliphatic carbocycles. The van der Waals surface area contributed by atoms with Crippen molar-refractivity contribution in [2.45, 2.75) is 18.2 Å². The Kier molecular flexibility index (Phi) is 3.94. The lowest BCUT2D eigenvalue weighted by Gasteiger charge is -2.06. The summed E-state index contributed by atoms with van der Waals surface area (Å²) in [5.74, 6) is 0. The number of aryl methyl sites for hydroxylation is 1. The molecule has 0 aliphatic heterocycles. The van der Waals surface area contributed by atoms with Crippen LogP contribution in [-0.2, 0) is 6.42 Å². The van der Waals surface area contributed by atoms with Crippen LogP contribution < -0.4 is 0 Å². The molecule has 0 fully saturated rings. The monoisotopic (exact) mass is 371 g/mol. The van der Waals surface area contributed by atoms with E-state index in [4.69, 9.17) is 11.6 Å². The predicted molar refractivity (Wildman–Crippen MR) is 89.1 cm³/mol. The Morgan fingerprint density at radius 1 is 1.37 bits per heavy atom. The number of benzene rings is 1. The van der Waals surface area contributed by atoms with Crippen molar-refractivity contribution in [3.05, 3.63) is 50.1 Å². The van der Waals surface area contributed by atoms with E-state index in [1.165, 1.54) is 9.58 Å². The molecule has 0 spiro atoms. The van der Waals surface area contributed by atoms with E-state index in [9.17, 15) is 0 Å². The quantitative estimate of drug-likeness (QED) is 0.514. The Hall–Kier alpha value is -0.420. The summed E-state index contributed by atoms with van der Waals surface area (Å²) >= 11 is 13.5. The van der Waals surface area contributed by atoms with Gasteiger partial charge in [-0.05, 0) is 30.0 Å². The van der Waals surface area contributed by atoms with Gasteiger partial charge in [0.25, 0.3) is 0 Å². The number of thiophene rings is 1. The average molecular weight is 373 g/mol. The van der Waals surface area contributed by atoms with Crippen LogP contribution in [0.4, 0.5) is 0 Å². The molecule has 0 bridgehead atoms. The second-order valence-corrected chi connectivity index (χ2v) is 7.85. The van der Waals surface area contributed by atoms with Gasteiger partial charge in [0.2, 0.25) is 0 Å². The number of para-hydroxylation sites is 1. The van der Waals surface area contributed by atoms with Gasteiger partial charge in [0.1, 0.15) is 0 Å². The summed E-state index contributed by atoms with van der Waals surface area (Å²) in [6.45, 7) is 2.04. The molecule has 3 aromatic rings. The molecule has 0 saturated heterocycles. The molecule has 1 atom stereocenters. The lowest BCUT2D eigenvalue weighted by atomic mass is 10.2. The fourth-order valence-corrected chi connectivity index (χ4v) is 5.43. The Labute approximate surface area is 133 Å². The van der Waals surface area contributed by atoms with E-state index in [1.54, 1.807) is 22.7 Å². The maximum absolute atomic E-state index is 6.31.